The molecule has 3 rings (SSSR count). The second-order valence-electron chi connectivity index (χ2n) is 6.21. The number of aliphatic hydroxyl groups excluding tert-OH is 1. The zero-order valence-electron chi connectivity index (χ0n) is 12.7. The molecule has 116 valence electrons. The average molecular weight is 308 g/mol. The molecular weight excluding hydrogens is 284 g/mol. The Balaban J connectivity index is 1.79. The van der Waals surface area contributed by atoms with Crippen LogP contribution < -0.4 is 4.74 Å². The van der Waals surface area contributed by atoms with E-state index >= 15 is 0 Å². The molecule has 21 heavy (non-hydrogen) atoms. The third kappa shape index (κ3) is 2.94. The first-order chi connectivity index (χ1) is 10.1. The quantitative estimate of drug-likeness (QED) is 0.920. The van der Waals surface area contributed by atoms with Crippen LogP contribution in [0.4, 0.5) is 0 Å². The predicted molar refractivity (Wildman–Crippen MR) is 84.7 cm³/mol. The van der Waals surface area contributed by atoms with E-state index in [2.05, 4.69) is 19.1 Å². The lowest BCUT2D eigenvalue weighted by Crippen LogP contribution is -2.40. The van der Waals surface area contributed by atoms with Crippen LogP contribution in [-0.4, -0.2) is 29.4 Å². The molecule has 1 saturated carbocycles. The standard InChI is InChI=1S/C17H24O3S/c1-12-15(21-14-8-6-13(19-2)7-9-14)17(20-16(12)18)10-4-3-5-11-17/h6-9,12,15-16,18H,3-5,10-11H2,1-2H3/t12-,15-,16?/m0/s1. The number of aliphatic hydroxyl groups is 1. The normalized spacial score (nSPS) is 31.5. The van der Waals surface area contributed by atoms with Gasteiger partial charge in [0.15, 0.2) is 6.29 Å². The van der Waals surface area contributed by atoms with Crippen LogP contribution in [-0.2, 0) is 4.74 Å². The van der Waals surface area contributed by atoms with E-state index in [9.17, 15) is 5.11 Å². The minimum atomic E-state index is -0.626. The van der Waals surface area contributed by atoms with E-state index in [4.69, 9.17) is 9.47 Å². The van der Waals surface area contributed by atoms with Gasteiger partial charge in [0.05, 0.1) is 12.7 Å². The van der Waals surface area contributed by atoms with Crippen LogP contribution >= 0.6 is 11.8 Å². The molecule has 1 aliphatic heterocycles. The lowest BCUT2D eigenvalue weighted by molar-refractivity contribution is -0.155. The topological polar surface area (TPSA) is 38.7 Å². The predicted octanol–water partition coefficient (Wildman–Crippen LogP) is 3.84. The first-order valence-corrected chi connectivity index (χ1v) is 8.69. The van der Waals surface area contributed by atoms with E-state index in [1.807, 2.05) is 23.9 Å². The molecule has 1 aromatic carbocycles. The maximum atomic E-state index is 10.2. The van der Waals surface area contributed by atoms with Crippen molar-refractivity contribution in [1.29, 1.82) is 0 Å². The number of rotatable bonds is 3. The maximum absolute atomic E-state index is 10.2. The van der Waals surface area contributed by atoms with Crippen molar-refractivity contribution in [3.63, 3.8) is 0 Å². The van der Waals surface area contributed by atoms with Crippen LogP contribution in [0.15, 0.2) is 29.2 Å². The van der Waals surface area contributed by atoms with Gasteiger partial charge >= 0.3 is 0 Å². The molecule has 1 N–H and O–H groups in total. The third-order valence-electron chi connectivity index (χ3n) is 4.82. The van der Waals surface area contributed by atoms with Gasteiger partial charge in [-0.1, -0.05) is 26.2 Å². The van der Waals surface area contributed by atoms with Gasteiger partial charge in [0, 0.05) is 16.1 Å². The minimum absolute atomic E-state index is 0.137. The van der Waals surface area contributed by atoms with E-state index in [0.717, 1.165) is 18.6 Å². The van der Waals surface area contributed by atoms with Crippen LogP contribution in [0, 0.1) is 5.92 Å². The van der Waals surface area contributed by atoms with Crippen LogP contribution in [0.3, 0.4) is 0 Å². The summed E-state index contributed by atoms with van der Waals surface area (Å²) in [4.78, 5) is 1.22. The van der Waals surface area contributed by atoms with Gasteiger partial charge in [0.1, 0.15) is 5.75 Å². The summed E-state index contributed by atoms with van der Waals surface area (Å²) in [5.41, 5.74) is -0.137. The van der Waals surface area contributed by atoms with Gasteiger partial charge in [-0.25, -0.2) is 0 Å². The van der Waals surface area contributed by atoms with Crippen molar-refractivity contribution in [2.24, 2.45) is 5.92 Å². The van der Waals surface area contributed by atoms with Crippen LogP contribution in [0.2, 0.25) is 0 Å². The summed E-state index contributed by atoms with van der Waals surface area (Å²) in [6.07, 6.45) is 5.22. The summed E-state index contributed by atoms with van der Waals surface area (Å²) in [5, 5.41) is 10.5. The summed E-state index contributed by atoms with van der Waals surface area (Å²) in [6, 6.07) is 8.18. The molecule has 1 aliphatic carbocycles. The van der Waals surface area contributed by atoms with Gasteiger partial charge in [-0.3, -0.25) is 0 Å². The molecule has 0 amide bonds. The van der Waals surface area contributed by atoms with E-state index in [1.54, 1.807) is 7.11 Å². The fraction of sp³-hybridized carbons (Fsp3) is 0.647. The van der Waals surface area contributed by atoms with Crippen LogP contribution in [0.25, 0.3) is 0 Å². The molecule has 2 fully saturated rings. The SMILES string of the molecule is COc1ccc(S[C@H]2[C@H](C)C(O)OC23CCCCC3)cc1. The monoisotopic (exact) mass is 308 g/mol. The highest BCUT2D eigenvalue weighted by atomic mass is 32.2. The summed E-state index contributed by atoms with van der Waals surface area (Å²) in [7, 11) is 1.68. The van der Waals surface area contributed by atoms with Crippen molar-refractivity contribution in [3.05, 3.63) is 24.3 Å². The minimum Gasteiger partial charge on any atom is -0.497 e. The molecule has 0 bridgehead atoms. The second kappa shape index (κ2) is 6.19. The molecule has 2 aliphatic rings. The van der Waals surface area contributed by atoms with Gasteiger partial charge in [-0.05, 0) is 37.1 Å². The largest absolute Gasteiger partial charge is 0.497 e. The first kappa shape index (κ1) is 15.2. The van der Waals surface area contributed by atoms with E-state index in [-0.39, 0.29) is 11.5 Å². The Morgan fingerprint density at radius 1 is 1.19 bits per heavy atom. The van der Waals surface area contributed by atoms with E-state index in [0.29, 0.717) is 5.25 Å². The Morgan fingerprint density at radius 3 is 2.48 bits per heavy atom. The molecule has 1 spiro atoms. The Bertz CT molecular complexity index is 467. The fourth-order valence-electron chi connectivity index (χ4n) is 3.61. The van der Waals surface area contributed by atoms with Crippen LogP contribution in [0.5, 0.6) is 5.75 Å². The Labute approximate surface area is 131 Å². The maximum Gasteiger partial charge on any atom is 0.159 e. The fourth-order valence-corrected chi connectivity index (χ4v) is 5.05. The Morgan fingerprint density at radius 2 is 1.86 bits per heavy atom. The Hall–Kier alpha value is -0.710. The number of ether oxygens (including phenoxy) is 2. The highest BCUT2D eigenvalue weighted by molar-refractivity contribution is 8.00. The number of thioether (sulfide) groups is 1. The number of hydrogen-bond acceptors (Lipinski definition) is 4. The van der Waals surface area contributed by atoms with Crippen molar-refractivity contribution in [3.8, 4) is 5.75 Å². The highest BCUT2D eigenvalue weighted by Gasteiger charge is 2.53. The third-order valence-corrected chi connectivity index (χ3v) is 6.48. The zero-order chi connectivity index (χ0) is 14.9. The molecule has 1 saturated heterocycles. The lowest BCUT2D eigenvalue weighted by atomic mass is 9.80. The van der Waals surface area contributed by atoms with Gasteiger partial charge in [0.25, 0.3) is 0 Å². The summed E-state index contributed by atoms with van der Waals surface area (Å²) in [5.74, 6) is 1.04. The molecule has 3 nitrogen and oxygen atoms in total. The second-order valence-corrected chi connectivity index (χ2v) is 7.42. The van der Waals surface area contributed by atoms with Crippen molar-refractivity contribution >= 4 is 11.8 Å². The molecule has 0 radical (unpaired) electrons. The molecule has 0 aromatic heterocycles. The number of methoxy groups -OCH3 is 1. The molecule has 1 unspecified atom stereocenters. The van der Waals surface area contributed by atoms with Crippen molar-refractivity contribution in [1.82, 2.24) is 0 Å². The summed E-state index contributed by atoms with van der Waals surface area (Å²) < 4.78 is 11.3. The number of hydrogen-bond donors (Lipinski definition) is 1. The van der Waals surface area contributed by atoms with Gasteiger partial charge in [-0.2, -0.15) is 0 Å². The van der Waals surface area contributed by atoms with Gasteiger partial charge in [0.2, 0.25) is 0 Å². The molecule has 1 aromatic rings. The average Bonchev–Trinajstić information content (AvgIpc) is 2.73. The van der Waals surface area contributed by atoms with Crippen LogP contribution in [0.1, 0.15) is 39.0 Å². The smallest absolute Gasteiger partial charge is 0.159 e. The van der Waals surface area contributed by atoms with E-state index < -0.39 is 6.29 Å². The molecule has 3 atom stereocenters. The van der Waals surface area contributed by atoms with Gasteiger partial charge in [-0.15, -0.1) is 11.8 Å². The van der Waals surface area contributed by atoms with Crippen molar-refractivity contribution in [2.75, 3.05) is 7.11 Å². The van der Waals surface area contributed by atoms with Crippen molar-refractivity contribution < 1.29 is 14.6 Å². The Kier molecular flexibility index (Phi) is 4.48. The van der Waals surface area contributed by atoms with Crippen molar-refractivity contribution in [2.45, 2.75) is 61.1 Å². The molecule has 4 heteroatoms. The first-order valence-electron chi connectivity index (χ1n) is 7.81. The zero-order valence-corrected chi connectivity index (χ0v) is 13.6. The molecule has 1 heterocycles. The van der Waals surface area contributed by atoms with E-state index in [1.165, 1.54) is 24.2 Å². The summed E-state index contributed by atoms with van der Waals surface area (Å²) in [6.45, 7) is 2.11. The highest BCUT2D eigenvalue weighted by Crippen LogP contribution is 2.51. The molecular formula is C17H24O3S. The van der Waals surface area contributed by atoms with Gasteiger partial charge < -0.3 is 14.6 Å². The lowest BCUT2D eigenvalue weighted by Gasteiger charge is -2.38. The number of benzene rings is 1. The summed E-state index contributed by atoms with van der Waals surface area (Å²) >= 11 is 1.85.